The number of pyridine rings is 1. The van der Waals surface area contributed by atoms with Gasteiger partial charge in [-0.2, -0.15) is 9.97 Å². The van der Waals surface area contributed by atoms with Gasteiger partial charge in [0.25, 0.3) is 0 Å². The first kappa shape index (κ1) is 29.9. The molecule has 2 aromatic heterocycles. The monoisotopic (exact) mass is 597 g/mol. The number of ether oxygens (including phenoxy) is 2. The third-order valence-electron chi connectivity index (χ3n) is 9.35. The second kappa shape index (κ2) is 12.5. The third kappa shape index (κ3) is 5.86. The topological polar surface area (TPSA) is 104 Å². The normalized spacial score (nSPS) is 24.0. The Bertz CT molecular complexity index is 1480. The lowest BCUT2D eigenvalue weighted by Gasteiger charge is -2.32. The van der Waals surface area contributed by atoms with Crippen LogP contribution in [0.4, 0.5) is 14.6 Å². The van der Waals surface area contributed by atoms with Gasteiger partial charge in [0.2, 0.25) is 0 Å². The lowest BCUT2D eigenvalue weighted by molar-refractivity contribution is 0.107. The smallest absolute Gasteiger partial charge is 0.319 e. The summed E-state index contributed by atoms with van der Waals surface area (Å²) in [5, 5.41) is 21.0. The zero-order valence-corrected chi connectivity index (χ0v) is 25.0. The van der Waals surface area contributed by atoms with Crippen molar-refractivity contribution in [2.24, 2.45) is 0 Å². The molecule has 3 atom stereocenters. The number of alkyl halides is 1. The summed E-state index contributed by atoms with van der Waals surface area (Å²) in [4.78, 5) is 17.9. The van der Waals surface area contributed by atoms with Crippen LogP contribution in [0.1, 0.15) is 56.6 Å². The van der Waals surface area contributed by atoms with Crippen LogP contribution in [-0.2, 0) is 11.2 Å². The summed E-state index contributed by atoms with van der Waals surface area (Å²) >= 11 is 0. The summed E-state index contributed by atoms with van der Waals surface area (Å²) in [6.45, 7) is 6.45. The molecule has 43 heavy (non-hydrogen) atoms. The van der Waals surface area contributed by atoms with Crippen molar-refractivity contribution in [2.45, 2.75) is 76.5 Å². The highest BCUT2D eigenvalue weighted by Gasteiger charge is 2.49. The number of aromatic nitrogens is 3. The molecule has 7 rings (SSSR count). The number of aliphatic hydroxyl groups excluding tert-OH is 1. The molecule has 0 aliphatic carbocycles. The minimum Gasteiger partial charge on any atom is -0.508 e. The molecule has 3 aromatic rings. The molecule has 11 heteroatoms. The average Bonchev–Trinajstić information content (AvgIpc) is 3.51. The standard InChI is InChI=1S/C32H41F2N5O4/c1-20-13-23(41)14-25-24(20)7-4-3-5-11-42-12-10-39(21(2)18-40)30-26-16-35-28(25)27(34)29(26)36-31(37-30)43-19-32-8-6-9-38(32)17-22(33)15-32/h13-14,16,21-22,40-41H,3-12,15,17-19H2,1-2H3/t21-,22+,32-/m0/s1. The van der Waals surface area contributed by atoms with Crippen molar-refractivity contribution in [2.75, 3.05) is 51.0 Å². The summed E-state index contributed by atoms with van der Waals surface area (Å²) in [6, 6.07) is 2.89. The van der Waals surface area contributed by atoms with Gasteiger partial charge in [0.15, 0.2) is 5.82 Å². The van der Waals surface area contributed by atoms with Gasteiger partial charge < -0.3 is 24.6 Å². The molecule has 0 spiro atoms. The lowest BCUT2D eigenvalue weighted by Crippen LogP contribution is -2.43. The molecule has 4 aliphatic rings. The molecular weight excluding hydrogens is 556 g/mol. The van der Waals surface area contributed by atoms with Gasteiger partial charge in [-0.05, 0) is 75.8 Å². The second-order valence-corrected chi connectivity index (χ2v) is 12.3. The molecule has 232 valence electrons. The first-order valence-electron chi connectivity index (χ1n) is 15.5. The minimum absolute atomic E-state index is 0.00780. The minimum atomic E-state index is -0.907. The fraction of sp³-hybridized carbons (Fsp3) is 0.594. The zero-order valence-electron chi connectivity index (χ0n) is 25.0. The Labute approximate surface area is 250 Å². The number of hydrogen-bond donors (Lipinski definition) is 2. The molecule has 0 saturated carbocycles. The molecule has 2 fully saturated rings. The number of fused-ring (bicyclic) bond motifs is 10. The largest absolute Gasteiger partial charge is 0.508 e. The molecule has 9 nitrogen and oxygen atoms in total. The predicted octanol–water partition coefficient (Wildman–Crippen LogP) is 4.73. The molecule has 4 bridgehead atoms. The number of anilines is 1. The number of phenolic OH excluding ortho intramolecular Hbond substituents is 1. The molecule has 0 unspecified atom stereocenters. The molecule has 1 aromatic carbocycles. The van der Waals surface area contributed by atoms with Crippen molar-refractivity contribution in [3.63, 3.8) is 0 Å². The van der Waals surface area contributed by atoms with Gasteiger partial charge in [0.1, 0.15) is 35.6 Å². The fourth-order valence-electron chi connectivity index (χ4n) is 7.06. The van der Waals surface area contributed by atoms with Gasteiger partial charge in [-0.3, -0.25) is 9.88 Å². The van der Waals surface area contributed by atoms with E-state index in [2.05, 4.69) is 14.9 Å². The highest BCUT2D eigenvalue weighted by atomic mass is 19.1. The van der Waals surface area contributed by atoms with E-state index in [0.717, 1.165) is 49.8 Å². The molecule has 2 N–H and O–H groups in total. The summed E-state index contributed by atoms with van der Waals surface area (Å²) in [5.41, 5.74) is 2.05. The van der Waals surface area contributed by atoms with Gasteiger partial charge in [0.05, 0.1) is 30.2 Å². The van der Waals surface area contributed by atoms with Crippen LogP contribution in [0.3, 0.4) is 0 Å². The maximum absolute atomic E-state index is 16.7. The van der Waals surface area contributed by atoms with E-state index in [-0.39, 0.29) is 42.2 Å². The van der Waals surface area contributed by atoms with Crippen molar-refractivity contribution in [1.29, 1.82) is 0 Å². The van der Waals surface area contributed by atoms with Crippen LogP contribution in [0.2, 0.25) is 0 Å². The highest BCUT2D eigenvalue weighted by Crippen LogP contribution is 2.41. The summed E-state index contributed by atoms with van der Waals surface area (Å²) in [6.07, 6.45) is 6.25. The SMILES string of the molecule is Cc1cc(O)cc2c1CCCCCOCCN([C@@H](C)CO)c1nc(OC[C@@]34CCCN3C[C@H](F)C4)nc3c(F)c-2ncc13. The fourth-order valence-corrected chi connectivity index (χ4v) is 7.06. The van der Waals surface area contributed by atoms with Crippen LogP contribution in [0, 0.1) is 12.7 Å². The first-order valence-corrected chi connectivity index (χ1v) is 15.5. The number of nitrogens with zero attached hydrogens (tertiary/aromatic N) is 5. The number of rotatable bonds is 5. The third-order valence-corrected chi connectivity index (χ3v) is 9.35. The van der Waals surface area contributed by atoms with Crippen LogP contribution in [-0.4, -0.2) is 93.9 Å². The van der Waals surface area contributed by atoms with Crippen molar-refractivity contribution in [1.82, 2.24) is 19.9 Å². The van der Waals surface area contributed by atoms with Crippen LogP contribution >= 0.6 is 0 Å². The molecular formula is C32H41F2N5O4. The Morgan fingerprint density at radius 3 is 2.86 bits per heavy atom. The molecule has 0 amide bonds. The van der Waals surface area contributed by atoms with Crippen LogP contribution in [0.5, 0.6) is 11.8 Å². The number of aliphatic hydroxyl groups is 1. The van der Waals surface area contributed by atoms with Crippen molar-refractivity contribution in [3.05, 3.63) is 35.3 Å². The second-order valence-electron chi connectivity index (χ2n) is 12.3. The Hall–Kier alpha value is -3.15. The van der Waals surface area contributed by atoms with Crippen LogP contribution in [0.15, 0.2) is 18.3 Å². The predicted molar refractivity (Wildman–Crippen MR) is 160 cm³/mol. The van der Waals surface area contributed by atoms with Crippen molar-refractivity contribution in [3.8, 4) is 23.0 Å². The van der Waals surface area contributed by atoms with Crippen LogP contribution < -0.4 is 9.64 Å². The maximum atomic E-state index is 16.7. The van der Waals surface area contributed by atoms with E-state index >= 15 is 4.39 Å². The Balaban J connectivity index is 1.49. The van der Waals surface area contributed by atoms with Crippen molar-refractivity contribution < 1.29 is 28.5 Å². The highest BCUT2D eigenvalue weighted by molar-refractivity contribution is 5.92. The van der Waals surface area contributed by atoms with E-state index in [1.807, 2.05) is 18.7 Å². The first-order chi connectivity index (χ1) is 20.8. The van der Waals surface area contributed by atoms with Gasteiger partial charge in [0, 0.05) is 37.9 Å². The van der Waals surface area contributed by atoms with E-state index in [4.69, 9.17) is 14.5 Å². The number of aromatic hydroxyl groups is 1. The molecule has 2 saturated heterocycles. The quantitative estimate of drug-likeness (QED) is 0.432. The molecule has 6 heterocycles. The van der Waals surface area contributed by atoms with Crippen LogP contribution in [0.25, 0.3) is 22.2 Å². The van der Waals surface area contributed by atoms with E-state index < -0.39 is 17.5 Å². The van der Waals surface area contributed by atoms with Gasteiger partial charge in [-0.1, -0.05) is 6.42 Å². The number of benzene rings is 1. The average molecular weight is 598 g/mol. The zero-order chi connectivity index (χ0) is 30.1. The Kier molecular flexibility index (Phi) is 8.66. The van der Waals surface area contributed by atoms with Crippen molar-refractivity contribution >= 4 is 16.7 Å². The summed E-state index contributed by atoms with van der Waals surface area (Å²) in [5.74, 6) is -0.209. The van der Waals surface area contributed by atoms with Gasteiger partial charge in [-0.15, -0.1) is 0 Å². The van der Waals surface area contributed by atoms with Gasteiger partial charge in [-0.25, -0.2) is 8.78 Å². The van der Waals surface area contributed by atoms with E-state index in [1.165, 1.54) is 0 Å². The van der Waals surface area contributed by atoms with E-state index in [1.54, 1.807) is 18.3 Å². The van der Waals surface area contributed by atoms with E-state index in [9.17, 15) is 14.6 Å². The number of phenols is 1. The lowest BCUT2D eigenvalue weighted by atomic mass is 9.93. The number of hydrogen-bond acceptors (Lipinski definition) is 9. The summed E-state index contributed by atoms with van der Waals surface area (Å²) < 4.78 is 43.3. The Morgan fingerprint density at radius 1 is 1.16 bits per heavy atom. The van der Waals surface area contributed by atoms with Gasteiger partial charge >= 0.3 is 6.01 Å². The summed E-state index contributed by atoms with van der Waals surface area (Å²) in [7, 11) is 0. The number of aryl methyl sites for hydroxylation is 1. The molecule has 0 radical (unpaired) electrons. The Morgan fingerprint density at radius 2 is 2.02 bits per heavy atom. The maximum Gasteiger partial charge on any atom is 0.319 e. The molecule has 4 aliphatic heterocycles. The van der Waals surface area contributed by atoms with E-state index in [0.29, 0.717) is 55.9 Å². The number of halogens is 2.